The molecule has 0 saturated carbocycles. The number of hydrogen-bond acceptors (Lipinski definition) is 2. The van der Waals surface area contributed by atoms with Gasteiger partial charge in [0.25, 0.3) is 0 Å². The molecule has 0 bridgehead atoms. The van der Waals surface area contributed by atoms with Gasteiger partial charge in [-0.2, -0.15) is 22.0 Å². The minimum atomic E-state index is -5.56. The summed E-state index contributed by atoms with van der Waals surface area (Å²) < 4.78 is 64.9. The summed E-state index contributed by atoms with van der Waals surface area (Å²) >= 11 is 0. The van der Waals surface area contributed by atoms with Crippen LogP contribution in [0.5, 0.6) is 0 Å². The summed E-state index contributed by atoms with van der Waals surface area (Å²) in [5, 5.41) is 2.83. The number of alkyl halides is 5. The van der Waals surface area contributed by atoms with Gasteiger partial charge in [0.15, 0.2) is 0 Å². The Labute approximate surface area is 97.5 Å². The number of likely N-dealkylation sites (N-methyl/N-ethyl adjacent to an activating group) is 1. The quantitative estimate of drug-likeness (QED) is 0.713. The number of halogens is 5. The smallest absolute Gasteiger partial charge is 0.373 e. The number of ether oxygens (including phenoxy) is 1. The van der Waals surface area contributed by atoms with Crippen molar-refractivity contribution in [3.63, 3.8) is 0 Å². The summed E-state index contributed by atoms with van der Waals surface area (Å²) in [7, 11) is 1.61. The van der Waals surface area contributed by atoms with Crippen LogP contribution < -0.4 is 5.32 Å². The molecule has 0 rings (SSSR count). The van der Waals surface area contributed by atoms with E-state index in [9.17, 15) is 22.0 Å². The van der Waals surface area contributed by atoms with Gasteiger partial charge < -0.3 is 10.1 Å². The molecule has 0 aliphatic carbocycles. The lowest BCUT2D eigenvalue weighted by Gasteiger charge is -2.24. The fourth-order valence-electron chi connectivity index (χ4n) is 1.21. The first-order valence-electron chi connectivity index (χ1n) is 5.35. The zero-order valence-electron chi connectivity index (χ0n) is 10.1. The van der Waals surface area contributed by atoms with Crippen LogP contribution in [0.15, 0.2) is 0 Å². The minimum Gasteiger partial charge on any atom is -0.373 e. The van der Waals surface area contributed by atoms with Crippen molar-refractivity contribution < 1.29 is 26.7 Å². The highest BCUT2D eigenvalue weighted by atomic mass is 19.4. The number of hydrogen-bond donors (Lipinski definition) is 1. The molecule has 0 heterocycles. The Kier molecular flexibility index (Phi) is 6.32. The highest BCUT2D eigenvalue weighted by Crippen LogP contribution is 2.35. The van der Waals surface area contributed by atoms with Crippen LogP contribution in [0.2, 0.25) is 0 Å². The third-order valence-electron chi connectivity index (χ3n) is 2.70. The van der Waals surface area contributed by atoms with Crippen molar-refractivity contribution >= 4 is 0 Å². The molecule has 104 valence electrons. The standard InChI is InChI=1S/C10H18F5NO/c1-4-7(2)8(16-3)5-17-6-9(11,12)10(13,14)15/h7-8,16H,4-6H2,1-3H3. The maximum atomic E-state index is 12.5. The molecule has 0 radical (unpaired) electrons. The van der Waals surface area contributed by atoms with E-state index in [1.807, 2.05) is 13.8 Å². The van der Waals surface area contributed by atoms with Gasteiger partial charge in [0.05, 0.1) is 6.61 Å². The summed E-state index contributed by atoms with van der Waals surface area (Å²) in [6, 6.07) is -0.232. The Morgan fingerprint density at radius 1 is 1.18 bits per heavy atom. The lowest BCUT2D eigenvalue weighted by atomic mass is 10.0. The van der Waals surface area contributed by atoms with Crippen molar-refractivity contribution in [2.45, 2.75) is 38.4 Å². The van der Waals surface area contributed by atoms with Crippen LogP contribution in [-0.2, 0) is 4.74 Å². The second kappa shape index (κ2) is 6.49. The SMILES string of the molecule is CCC(C)C(COCC(F)(F)C(F)(F)F)NC. The third-order valence-corrected chi connectivity index (χ3v) is 2.70. The third kappa shape index (κ3) is 5.16. The summed E-state index contributed by atoms with van der Waals surface area (Å²) in [5.41, 5.74) is 0. The molecule has 0 spiro atoms. The monoisotopic (exact) mass is 263 g/mol. The Hall–Kier alpha value is -0.430. The highest BCUT2D eigenvalue weighted by molar-refractivity contribution is 4.76. The van der Waals surface area contributed by atoms with E-state index in [0.29, 0.717) is 0 Å². The largest absolute Gasteiger partial charge is 0.455 e. The van der Waals surface area contributed by atoms with Gasteiger partial charge in [-0.25, -0.2) is 0 Å². The molecule has 0 aromatic rings. The fraction of sp³-hybridized carbons (Fsp3) is 1.00. The van der Waals surface area contributed by atoms with Gasteiger partial charge in [-0.3, -0.25) is 0 Å². The summed E-state index contributed by atoms with van der Waals surface area (Å²) in [6.07, 6.45) is -4.77. The number of rotatable bonds is 7. The molecule has 0 aliphatic rings. The van der Waals surface area contributed by atoms with Crippen LogP contribution in [0.1, 0.15) is 20.3 Å². The molecule has 1 N–H and O–H groups in total. The van der Waals surface area contributed by atoms with Crippen LogP contribution >= 0.6 is 0 Å². The average Bonchev–Trinajstić information content (AvgIpc) is 2.21. The van der Waals surface area contributed by atoms with Crippen LogP contribution in [0.4, 0.5) is 22.0 Å². The lowest BCUT2D eigenvalue weighted by molar-refractivity contribution is -0.297. The second-order valence-electron chi connectivity index (χ2n) is 4.00. The topological polar surface area (TPSA) is 21.3 Å². The van der Waals surface area contributed by atoms with Crippen molar-refractivity contribution in [3.05, 3.63) is 0 Å². The first kappa shape index (κ1) is 16.6. The van der Waals surface area contributed by atoms with Crippen LogP contribution in [0.25, 0.3) is 0 Å². The second-order valence-corrected chi connectivity index (χ2v) is 4.00. The summed E-state index contributed by atoms with van der Waals surface area (Å²) in [4.78, 5) is 0. The zero-order chi connectivity index (χ0) is 13.7. The van der Waals surface area contributed by atoms with E-state index in [1.54, 1.807) is 7.05 Å². The van der Waals surface area contributed by atoms with Crippen molar-refractivity contribution in [1.82, 2.24) is 5.32 Å². The Bertz CT molecular complexity index is 219. The molecule has 2 unspecified atom stereocenters. The average molecular weight is 263 g/mol. The van der Waals surface area contributed by atoms with Crippen molar-refractivity contribution in [2.75, 3.05) is 20.3 Å². The molecule has 17 heavy (non-hydrogen) atoms. The lowest BCUT2D eigenvalue weighted by Crippen LogP contribution is -2.43. The van der Waals surface area contributed by atoms with E-state index in [0.717, 1.165) is 6.42 Å². The maximum absolute atomic E-state index is 12.5. The van der Waals surface area contributed by atoms with Gasteiger partial charge in [0, 0.05) is 6.04 Å². The predicted molar refractivity (Wildman–Crippen MR) is 54.1 cm³/mol. The molecule has 2 atom stereocenters. The Morgan fingerprint density at radius 3 is 2.06 bits per heavy atom. The van der Waals surface area contributed by atoms with Gasteiger partial charge in [-0.1, -0.05) is 20.3 Å². The van der Waals surface area contributed by atoms with Crippen molar-refractivity contribution in [1.29, 1.82) is 0 Å². The van der Waals surface area contributed by atoms with Crippen molar-refractivity contribution in [2.24, 2.45) is 5.92 Å². The summed E-state index contributed by atoms with van der Waals surface area (Å²) in [5.74, 6) is -4.65. The molecule has 0 aromatic heterocycles. The first-order valence-corrected chi connectivity index (χ1v) is 5.35. The Morgan fingerprint density at radius 2 is 1.71 bits per heavy atom. The molecule has 0 fully saturated rings. The van der Waals surface area contributed by atoms with Gasteiger partial charge >= 0.3 is 12.1 Å². The van der Waals surface area contributed by atoms with Crippen LogP contribution in [0.3, 0.4) is 0 Å². The molecule has 0 aromatic carbocycles. The van der Waals surface area contributed by atoms with Crippen LogP contribution in [0, 0.1) is 5.92 Å². The minimum absolute atomic E-state index is 0.138. The molecule has 7 heteroatoms. The molecule has 2 nitrogen and oxygen atoms in total. The molecule has 0 aliphatic heterocycles. The predicted octanol–water partition coefficient (Wildman–Crippen LogP) is 2.83. The van der Waals surface area contributed by atoms with E-state index in [1.165, 1.54) is 0 Å². The van der Waals surface area contributed by atoms with E-state index < -0.39 is 18.7 Å². The van der Waals surface area contributed by atoms with Gasteiger partial charge in [-0.05, 0) is 13.0 Å². The molecule has 0 amide bonds. The van der Waals surface area contributed by atoms with E-state index >= 15 is 0 Å². The van der Waals surface area contributed by atoms with E-state index in [4.69, 9.17) is 0 Å². The normalized spacial score (nSPS) is 16.9. The molecular weight excluding hydrogens is 245 g/mol. The highest BCUT2D eigenvalue weighted by Gasteiger charge is 2.57. The zero-order valence-corrected chi connectivity index (χ0v) is 10.1. The van der Waals surface area contributed by atoms with E-state index in [2.05, 4.69) is 10.1 Å². The van der Waals surface area contributed by atoms with Gasteiger partial charge in [0.2, 0.25) is 0 Å². The van der Waals surface area contributed by atoms with Crippen molar-refractivity contribution in [3.8, 4) is 0 Å². The van der Waals surface area contributed by atoms with E-state index in [-0.39, 0.29) is 18.6 Å². The molecule has 0 saturated heterocycles. The Balaban J connectivity index is 4.13. The van der Waals surface area contributed by atoms with Gasteiger partial charge in [0.1, 0.15) is 6.61 Å². The summed E-state index contributed by atoms with van der Waals surface area (Å²) in [6.45, 7) is 1.97. The maximum Gasteiger partial charge on any atom is 0.455 e. The molecular formula is C10H18F5NO. The fourth-order valence-corrected chi connectivity index (χ4v) is 1.21. The number of nitrogens with one attached hydrogen (secondary N) is 1. The van der Waals surface area contributed by atoms with Gasteiger partial charge in [-0.15, -0.1) is 0 Å². The first-order chi connectivity index (χ1) is 7.65. The van der Waals surface area contributed by atoms with Crippen LogP contribution in [-0.4, -0.2) is 38.4 Å².